The fraction of sp³-hybridized carbons (Fsp3) is 0.625. The number of hydrogen-bond acceptors (Lipinski definition) is 4. The van der Waals surface area contributed by atoms with Gasteiger partial charge in [-0.1, -0.05) is 5.21 Å². The summed E-state index contributed by atoms with van der Waals surface area (Å²) >= 11 is 0. The predicted molar refractivity (Wildman–Crippen MR) is 46.1 cm³/mol. The second-order valence-electron chi connectivity index (χ2n) is 3.26. The SMILES string of the molecule is O=C(O)c1cn(C2CCCOC2)nn1. The highest BCUT2D eigenvalue weighted by molar-refractivity contribution is 5.84. The van der Waals surface area contributed by atoms with Crippen LogP contribution in [0.5, 0.6) is 0 Å². The Morgan fingerprint density at radius 1 is 1.71 bits per heavy atom. The third-order valence-corrected chi connectivity index (χ3v) is 2.24. The van der Waals surface area contributed by atoms with Crippen molar-refractivity contribution < 1.29 is 14.6 Å². The average molecular weight is 197 g/mol. The van der Waals surface area contributed by atoms with Crippen LogP contribution in [0.15, 0.2) is 6.20 Å². The number of carbonyl (C=O) groups is 1. The van der Waals surface area contributed by atoms with Gasteiger partial charge in [0.1, 0.15) is 0 Å². The van der Waals surface area contributed by atoms with Crippen molar-refractivity contribution in [1.29, 1.82) is 0 Å². The lowest BCUT2D eigenvalue weighted by atomic mass is 10.1. The monoisotopic (exact) mass is 197 g/mol. The molecule has 76 valence electrons. The minimum atomic E-state index is -1.05. The second-order valence-corrected chi connectivity index (χ2v) is 3.26. The lowest BCUT2D eigenvalue weighted by molar-refractivity contribution is 0.0542. The van der Waals surface area contributed by atoms with Gasteiger partial charge in [-0.2, -0.15) is 0 Å². The van der Waals surface area contributed by atoms with Crippen LogP contribution in [0.2, 0.25) is 0 Å². The number of carboxylic acid groups (broad SMARTS) is 1. The zero-order chi connectivity index (χ0) is 9.97. The Labute approximate surface area is 80.5 Å². The molecule has 6 nitrogen and oxygen atoms in total. The molecule has 0 aromatic carbocycles. The smallest absolute Gasteiger partial charge is 0.358 e. The van der Waals surface area contributed by atoms with E-state index in [4.69, 9.17) is 9.84 Å². The molecule has 1 N–H and O–H groups in total. The molecule has 2 heterocycles. The van der Waals surface area contributed by atoms with Gasteiger partial charge in [-0.15, -0.1) is 5.10 Å². The molecule has 1 atom stereocenters. The number of aromatic nitrogens is 3. The molecule has 0 amide bonds. The topological polar surface area (TPSA) is 77.2 Å². The highest BCUT2D eigenvalue weighted by atomic mass is 16.5. The van der Waals surface area contributed by atoms with Crippen molar-refractivity contribution in [2.75, 3.05) is 13.2 Å². The van der Waals surface area contributed by atoms with Gasteiger partial charge in [0, 0.05) is 6.61 Å². The highest BCUT2D eigenvalue weighted by Crippen LogP contribution is 2.17. The van der Waals surface area contributed by atoms with Crippen LogP contribution >= 0.6 is 0 Å². The van der Waals surface area contributed by atoms with E-state index in [9.17, 15) is 4.79 Å². The van der Waals surface area contributed by atoms with Crippen LogP contribution in [0.4, 0.5) is 0 Å². The van der Waals surface area contributed by atoms with Gasteiger partial charge in [-0.25, -0.2) is 9.48 Å². The van der Waals surface area contributed by atoms with Gasteiger partial charge in [0.2, 0.25) is 0 Å². The van der Waals surface area contributed by atoms with Gasteiger partial charge >= 0.3 is 5.97 Å². The molecule has 1 unspecified atom stereocenters. The molecule has 0 aliphatic carbocycles. The second kappa shape index (κ2) is 3.75. The Bertz CT molecular complexity index is 330. The van der Waals surface area contributed by atoms with Gasteiger partial charge in [0.15, 0.2) is 5.69 Å². The Morgan fingerprint density at radius 3 is 3.14 bits per heavy atom. The molecular weight excluding hydrogens is 186 g/mol. The first kappa shape index (κ1) is 9.14. The predicted octanol–water partition coefficient (Wildman–Crippen LogP) is 0.328. The maximum absolute atomic E-state index is 10.5. The summed E-state index contributed by atoms with van der Waals surface area (Å²) in [4.78, 5) is 10.5. The van der Waals surface area contributed by atoms with E-state index in [1.807, 2.05) is 0 Å². The van der Waals surface area contributed by atoms with E-state index >= 15 is 0 Å². The van der Waals surface area contributed by atoms with E-state index in [0.29, 0.717) is 6.61 Å². The third kappa shape index (κ3) is 1.74. The van der Waals surface area contributed by atoms with Crippen molar-refractivity contribution in [3.63, 3.8) is 0 Å². The van der Waals surface area contributed by atoms with E-state index in [-0.39, 0.29) is 11.7 Å². The summed E-state index contributed by atoms with van der Waals surface area (Å²) in [6.07, 6.45) is 3.39. The number of hydrogen-bond donors (Lipinski definition) is 1. The minimum Gasteiger partial charge on any atom is -0.476 e. The van der Waals surface area contributed by atoms with Crippen LogP contribution < -0.4 is 0 Å². The van der Waals surface area contributed by atoms with Gasteiger partial charge in [-0.05, 0) is 12.8 Å². The number of nitrogens with zero attached hydrogens (tertiary/aromatic N) is 3. The molecule has 2 rings (SSSR count). The van der Waals surface area contributed by atoms with Crippen molar-refractivity contribution in [3.8, 4) is 0 Å². The van der Waals surface area contributed by atoms with E-state index in [1.165, 1.54) is 6.20 Å². The van der Waals surface area contributed by atoms with Crippen LogP contribution in [0.3, 0.4) is 0 Å². The molecule has 1 aliphatic rings. The molecule has 0 radical (unpaired) electrons. The number of aromatic carboxylic acids is 1. The molecule has 6 heteroatoms. The Morgan fingerprint density at radius 2 is 2.57 bits per heavy atom. The Hall–Kier alpha value is -1.43. The first-order valence-corrected chi connectivity index (χ1v) is 4.50. The summed E-state index contributed by atoms with van der Waals surface area (Å²) in [7, 11) is 0. The summed E-state index contributed by atoms with van der Waals surface area (Å²) in [5, 5.41) is 16.0. The van der Waals surface area contributed by atoms with Crippen molar-refractivity contribution in [2.24, 2.45) is 0 Å². The van der Waals surface area contributed by atoms with Gasteiger partial charge in [0.25, 0.3) is 0 Å². The van der Waals surface area contributed by atoms with Gasteiger partial charge < -0.3 is 9.84 Å². The lowest BCUT2D eigenvalue weighted by Gasteiger charge is -2.21. The molecular formula is C8H11N3O3. The zero-order valence-electron chi connectivity index (χ0n) is 7.59. The van der Waals surface area contributed by atoms with Crippen LogP contribution in [0.25, 0.3) is 0 Å². The number of carboxylic acids is 1. The van der Waals surface area contributed by atoms with Crippen molar-refractivity contribution in [3.05, 3.63) is 11.9 Å². The fourth-order valence-corrected chi connectivity index (χ4v) is 1.49. The summed E-state index contributed by atoms with van der Waals surface area (Å²) in [6.45, 7) is 1.36. The molecule has 1 aromatic heterocycles. The summed E-state index contributed by atoms with van der Waals surface area (Å²) in [5.74, 6) is -1.05. The van der Waals surface area contributed by atoms with Crippen LogP contribution in [-0.4, -0.2) is 39.3 Å². The van der Waals surface area contributed by atoms with E-state index in [0.717, 1.165) is 19.4 Å². The highest BCUT2D eigenvalue weighted by Gasteiger charge is 2.18. The first-order chi connectivity index (χ1) is 6.77. The standard InChI is InChI=1S/C8H11N3O3/c12-8(13)7-4-11(10-9-7)6-2-1-3-14-5-6/h4,6H,1-3,5H2,(H,12,13). The van der Waals surface area contributed by atoms with Crippen molar-refractivity contribution in [1.82, 2.24) is 15.0 Å². The summed E-state index contributed by atoms with van der Waals surface area (Å²) < 4.78 is 6.84. The number of ether oxygens (including phenoxy) is 1. The molecule has 1 fully saturated rings. The third-order valence-electron chi connectivity index (χ3n) is 2.24. The van der Waals surface area contributed by atoms with Gasteiger partial charge in [0.05, 0.1) is 18.8 Å². The Balaban J connectivity index is 2.11. The maximum atomic E-state index is 10.5. The molecule has 14 heavy (non-hydrogen) atoms. The molecule has 0 spiro atoms. The summed E-state index contributed by atoms with van der Waals surface area (Å²) in [6, 6.07) is 0.129. The molecule has 1 aliphatic heterocycles. The molecule has 1 aromatic rings. The molecule has 0 saturated carbocycles. The van der Waals surface area contributed by atoms with Crippen molar-refractivity contribution in [2.45, 2.75) is 18.9 Å². The minimum absolute atomic E-state index is 0.0180. The normalized spacial score (nSPS) is 22.1. The van der Waals surface area contributed by atoms with Gasteiger partial charge in [-0.3, -0.25) is 0 Å². The van der Waals surface area contributed by atoms with E-state index in [1.54, 1.807) is 4.68 Å². The fourth-order valence-electron chi connectivity index (χ4n) is 1.49. The summed E-state index contributed by atoms with van der Waals surface area (Å²) in [5.41, 5.74) is -0.0180. The largest absolute Gasteiger partial charge is 0.476 e. The molecule has 0 bridgehead atoms. The maximum Gasteiger partial charge on any atom is 0.358 e. The Kier molecular flexibility index (Phi) is 2.45. The quantitative estimate of drug-likeness (QED) is 0.739. The average Bonchev–Trinajstić information content (AvgIpc) is 2.68. The number of rotatable bonds is 2. The lowest BCUT2D eigenvalue weighted by Crippen LogP contribution is -2.21. The van der Waals surface area contributed by atoms with Crippen LogP contribution in [0, 0.1) is 0 Å². The first-order valence-electron chi connectivity index (χ1n) is 4.50. The van der Waals surface area contributed by atoms with Crippen LogP contribution in [-0.2, 0) is 4.74 Å². The zero-order valence-corrected chi connectivity index (χ0v) is 7.59. The van der Waals surface area contributed by atoms with E-state index < -0.39 is 5.97 Å². The van der Waals surface area contributed by atoms with E-state index in [2.05, 4.69) is 10.3 Å². The van der Waals surface area contributed by atoms with Crippen LogP contribution in [0.1, 0.15) is 29.4 Å². The van der Waals surface area contributed by atoms with Crippen molar-refractivity contribution >= 4 is 5.97 Å². The molecule has 1 saturated heterocycles.